The molecular formula is C23H27N3O3S. The van der Waals surface area contributed by atoms with Crippen LogP contribution in [0.4, 0.5) is 11.4 Å². The maximum absolute atomic E-state index is 5.74. The maximum Gasteiger partial charge on any atom is 0.174 e. The van der Waals surface area contributed by atoms with Crippen LogP contribution < -0.4 is 19.7 Å². The summed E-state index contributed by atoms with van der Waals surface area (Å²) in [5.41, 5.74) is 3.08. The van der Waals surface area contributed by atoms with Crippen LogP contribution in [0.15, 0.2) is 65.3 Å². The lowest BCUT2D eigenvalue weighted by molar-refractivity contribution is 0.360. The van der Waals surface area contributed by atoms with Gasteiger partial charge in [-0.25, -0.2) is 0 Å². The van der Waals surface area contributed by atoms with E-state index < -0.39 is 0 Å². The van der Waals surface area contributed by atoms with E-state index in [4.69, 9.17) is 26.1 Å². The van der Waals surface area contributed by atoms with Crippen molar-refractivity contribution in [2.75, 3.05) is 38.5 Å². The highest BCUT2D eigenvalue weighted by Gasteiger charge is 2.15. The number of nitrogens with zero attached hydrogens (tertiary/aromatic N) is 2. The summed E-state index contributed by atoms with van der Waals surface area (Å²) in [4.78, 5) is 4.13. The fourth-order valence-electron chi connectivity index (χ4n) is 3.01. The number of rotatable bonds is 8. The van der Waals surface area contributed by atoms with Crippen molar-refractivity contribution in [3.05, 3.63) is 72.2 Å². The molecule has 0 amide bonds. The first-order valence-electron chi connectivity index (χ1n) is 9.56. The average Bonchev–Trinajstić information content (AvgIpc) is 3.27. The summed E-state index contributed by atoms with van der Waals surface area (Å²) in [6, 6.07) is 17.8. The Labute approximate surface area is 183 Å². The van der Waals surface area contributed by atoms with Crippen LogP contribution in [0.3, 0.4) is 0 Å². The van der Waals surface area contributed by atoms with E-state index in [-0.39, 0.29) is 0 Å². The largest absolute Gasteiger partial charge is 0.497 e. The SMILES string of the molecule is COc1ccc(NC(=S)N(Cc2ccc(N(C)C)cc2)Cc2ccco2)c(OC)c1. The van der Waals surface area contributed by atoms with E-state index in [0.29, 0.717) is 24.0 Å². The number of benzene rings is 2. The zero-order valence-corrected chi connectivity index (χ0v) is 18.5. The van der Waals surface area contributed by atoms with E-state index in [9.17, 15) is 0 Å². The van der Waals surface area contributed by atoms with Gasteiger partial charge in [0.25, 0.3) is 0 Å². The molecule has 3 rings (SSSR count). The van der Waals surface area contributed by atoms with E-state index in [0.717, 1.165) is 28.4 Å². The third-order valence-corrected chi connectivity index (χ3v) is 5.05. The zero-order chi connectivity index (χ0) is 21.5. The van der Waals surface area contributed by atoms with Gasteiger partial charge in [-0.2, -0.15) is 0 Å². The Morgan fingerprint density at radius 2 is 1.77 bits per heavy atom. The first kappa shape index (κ1) is 21.5. The third-order valence-electron chi connectivity index (χ3n) is 4.69. The third kappa shape index (κ3) is 5.45. The van der Waals surface area contributed by atoms with Crippen LogP contribution >= 0.6 is 12.2 Å². The molecule has 6 nitrogen and oxygen atoms in total. The molecule has 0 fully saturated rings. The van der Waals surface area contributed by atoms with Gasteiger partial charge in [0.05, 0.1) is 32.7 Å². The first-order chi connectivity index (χ1) is 14.5. The van der Waals surface area contributed by atoms with Crippen molar-refractivity contribution < 1.29 is 13.9 Å². The highest BCUT2D eigenvalue weighted by atomic mass is 32.1. The molecule has 1 aromatic heterocycles. The monoisotopic (exact) mass is 425 g/mol. The average molecular weight is 426 g/mol. The van der Waals surface area contributed by atoms with Crippen LogP contribution in [0.25, 0.3) is 0 Å². The molecule has 3 aromatic rings. The van der Waals surface area contributed by atoms with E-state index >= 15 is 0 Å². The molecule has 0 aliphatic heterocycles. The Morgan fingerprint density at radius 1 is 1.00 bits per heavy atom. The summed E-state index contributed by atoms with van der Waals surface area (Å²) in [6.45, 7) is 1.19. The second-order valence-corrected chi connectivity index (χ2v) is 7.38. The van der Waals surface area contributed by atoms with Gasteiger partial charge in [0.2, 0.25) is 0 Å². The lowest BCUT2D eigenvalue weighted by Crippen LogP contribution is -2.33. The molecule has 0 bridgehead atoms. The fourth-order valence-corrected chi connectivity index (χ4v) is 3.25. The summed E-state index contributed by atoms with van der Waals surface area (Å²) >= 11 is 5.74. The van der Waals surface area contributed by atoms with Crippen LogP contribution in [0, 0.1) is 0 Å². The Bertz CT molecular complexity index is 956. The van der Waals surface area contributed by atoms with Crippen molar-refractivity contribution in [3.8, 4) is 11.5 Å². The van der Waals surface area contributed by atoms with Crippen molar-refractivity contribution >= 4 is 28.7 Å². The van der Waals surface area contributed by atoms with Crippen LogP contribution in [-0.4, -0.2) is 38.3 Å². The Hall–Kier alpha value is -3.19. The van der Waals surface area contributed by atoms with Crippen LogP contribution in [0.5, 0.6) is 11.5 Å². The summed E-state index contributed by atoms with van der Waals surface area (Å²) < 4.78 is 16.3. The van der Waals surface area contributed by atoms with Crippen molar-refractivity contribution in [2.45, 2.75) is 13.1 Å². The van der Waals surface area contributed by atoms with Crippen LogP contribution in [0.1, 0.15) is 11.3 Å². The summed E-state index contributed by atoms with van der Waals surface area (Å²) in [5, 5.41) is 3.88. The Morgan fingerprint density at radius 3 is 2.37 bits per heavy atom. The lowest BCUT2D eigenvalue weighted by Gasteiger charge is -2.26. The van der Waals surface area contributed by atoms with E-state index in [1.807, 2.05) is 44.4 Å². The predicted molar refractivity (Wildman–Crippen MR) is 124 cm³/mol. The van der Waals surface area contributed by atoms with Gasteiger partial charge in [0.1, 0.15) is 17.3 Å². The van der Waals surface area contributed by atoms with Gasteiger partial charge in [-0.05, 0) is 54.2 Å². The topological polar surface area (TPSA) is 50.1 Å². The van der Waals surface area contributed by atoms with Crippen LogP contribution in [0.2, 0.25) is 0 Å². The maximum atomic E-state index is 5.74. The molecule has 30 heavy (non-hydrogen) atoms. The highest BCUT2D eigenvalue weighted by molar-refractivity contribution is 7.80. The highest BCUT2D eigenvalue weighted by Crippen LogP contribution is 2.29. The fraction of sp³-hybridized carbons (Fsp3) is 0.261. The number of anilines is 2. The predicted octanol–water partition coefficient (Wildman–Crippen LogP) is 4.76. The lowest BCUT2D eigenvalue weighted by atomic mass is 10.2. The van der Waals surface area contributed by atoms with Crippen LogP contribution in [-0.2, 0) is 13.1 Å². The van der Waals surface area contributed by atoms with Crippen molar-refractivity contribution in [1.82, 2.24) is 4.90 Å². The van der Waals surface area contributed by atoms with Crippen molar-refractivity contribution in [3.63, 3.8) is 0 Å². The van der Waals surface area contributed by atoms with Gasteiger partial charge < -0.3 is 29.0 Å². The van der Waals surface area contributed by atoms with Gasteiger partial charge in [0, 0.05) is 32.4 Å². The Balaban J connectivity index is 1.80. The molecule has 7 heteroatoms. The molecule has 2 aromatic carbocycles. The minimum absolute atomic E-state index is 0.548. The van der Waals surface area contributed by atoms with Gasteiger partial charge in [-0.15, -0.1) is 0 Å². The second-order valence-electron chi connectivity index (χ2n) is 6.99. The number of thiocarbonyl (C=S) groups is 1. The molecule has 0 saturated carbocycles. The molecule has 1 heterocycles. The minimum Gasteiger partial charge on any atom is -0.497 e. The molecule has 0 aliphatic carbocycles. The summed E-state index contributed by atoms with van der Waals surface area (Å²) in [6.07, 6.45) is 1.67. The molecule has 0 aliphatic rings. The molecule has 158 valence electrons. The molecule has 0 unspecified atom stereocenters. The molecular weight excluding hydrogens is 398 g/mol. The number of methoxy groups -OCH3 is 2. The number of hydrogen-bond donors (Lipinski definition) is 1. The van der Waals surface area contributed by atoms with Crippen molar-refractivity contribution in [1.29, 1.82) is 0 Å². The second kappa shape index (κ2) is 10.0. The zero-order valence-electron chi connectivity index (χ0n) is 17.7. The number of nitrogens with one attached hydrogen (secondary N) is 1. The quantitative estimate of drug-likeness (QED) is 0.522. The molecule has 0 radical (unpaired) electrons. The van der Waals surface area contributed by atoms with E-state index in [1.165, 1.54) is 0 Å². The normalized spacial score (nSPS) is 10.4. The van der Waals surface area contributed by atoms with Gasteiger partial charge in [-0.1, -0.05) is 12.1 Å². The molecule has 0 saturated heterocycles. The standard InChI is InChI=1S/C23H27N3O3S/c1-25(2)18-9-7-17(8-10-18)15-26(16-20-6-5-13-29-20)23(30)24-21-12-11-19(27-3)14-22(21)28-4/h5-14H,15-16H2,1-4H3,(H,24,30). The van der Waals surface area contributed by atoms with Gasteiger partial charge in [-0.3, -0.25) is 0 Å². The van der Waals surface area contributed by atoms with Crippen molar-refractivity contribution in [2.24, 2.45) is 0 Å². The summed E-state index contributed by atoms with van der Waals surface area (Å²) in [7, 11) is 7.30. The smallest absolute Gasteiger partial charge is 0.174 e. The minimum atomic E-state index is 0.548. The molecule has 0 atom stereocenters. The van der Waals surface area contributed by atoms with Gasteiger partial charge in [0.15, 0.2) is 5.11 Å². The van der Waals surface area contributed by atoms with Gasteiger partial charge >= 0.3 is 0 Å². The Kier molecular flexibility index (Phi) is 7.19. The van der Waals surface area contributed by atoms with E-state index in [1.54, 1.807) is 20.5 Å². The first-order valence-corrected chi connectivity index (χ1v) is 9.97. The number of ether oxygens (including phenoxy) is 2. The number of hydrogen-bond acceptors (Lipinski definition) is 5. The number of furan rings is 1. The molecule has 0 spiro atoms. The van der Waals surface area contributed by atoms with E-state index in [2.05, 4.69) is 39.4 Å². The molecule has 1 N–H and O–H groups in total. The summed E-state index contributed by atoms with van der Waals surface area (Å²) in [5.74, 6) is 2.22.